The first-order valence-corrected chi connectivity index (χ1v) is 10.2. The van der Waals surface area contributed by atoms with Gasteiger partial charge in [0.15, 0.2) is 0 Å². The average molecular weight is 409 g/mol. The molecule has 5 heteroatoms. The summed E-state index contributed by atoms with van der Waals surface area (Å²) in [7, 11) is 0. The first kappa shape index (κ1) is 20.4. The lowest BCUT2D eigenvalue weighted by Crippen LogP contribution is -2.36. The van der Waals surface area contributed by atoms with Gasteiger partial charge in [-0.15, -0.1) is 0 Å². The summed E-state index contributed by atoms with van der Waals surface area (Å²) in [6.07, 6.45) is 1.60. The van der Waals surface area contributed by atoms with Crippen molar-refractivity contribution in [1.82, 2.24) is 0 Å². The molecule has 0 bridgehead atoms. The number of carbonyl (C=O) groups is 1. The number of morpholine rings is 1. The maximum atomic E-state index is 12.6. The van der Waals surface area contributed by atoms with Crippen LogP contribution in [-0.2, 0) is 9.53 Å². The molecule has 1 aliphatic heterocycles. The number of ether oxygens (including phenoxy) is 1. The molecule has 0 aliphatic carbocycles. The molecule has 1 heterocycles. The molecule has 0 aromatic heterocycles. The van der Waals surface area contributed by atoms with Crippen LogP contribution in [0.5, 0.6) is 0 Å². The summed E-state index contributed by atoms with van der Waals surface area (Å²) in [5.74, 6) is -0.422. The molecule has 1 N–H and O–H groups in total. The number of benzene rings is 3. The molecule has 4 rings (SSSR count). The monoisotopic (exact) mass is 409 g/mol. The topological polar surface area (TPSA) is 65.4 Å². The van der Waals surface area contributed by atoms with Crippen LogP contribution in [0.15, 0.2) is 84.4 Å². The van der Waals surface area contributed by atoms with Crippen molar-refractivity contribution in [2.75, 3.05) is 36.5 Å². The van der Waals surface area contributed by atoms with E-state index >= 15 is 0 Å². The minimum Gasteiger partial charge on any atom is -0.378 e. The van der Waals surface area contributed by atoms with Crippen LogP contribution >= 0.6 is 0 Å². The van der Waals surface area contributed by atoms with E-state index in [9.17, 15) is 10.1 Å². The third kappa shape index (κ3) is 5.19. The molecule has 31 heavy (non-hydrogen) atoms. The third-order valence-corrected chi connectivity index (χ3v) is 5.20. The zero-order chi connectivity index (χ0) is 21.5. The van der Waals surface area contributed by atoms with Gasteiger partial charge in [-0.2, -0.15) is 5.26 Å². The van der Waals surface area contributed by atoms with Gasteiger partial charge in [0.1, 0.15) is 11.6 Å². The Balaban J connectivity index is 1.43. The van der Waals surface area contributed by atoms with E-state index in [0.717, 1.165) is 48.7 Å². The fraction of sp³-hybridized carbons (Fsp3) is 0.154. The molecular formula is C26H23N3O2. The Morgan fingerprint density at radius 1 is 0.903 bits per heavy atom. The summed E-state index contributed by atoms with van der Waals surface area (Å²) >= 11 is 0. The summed E-state index contributed by atoms with van der Waals surface area (Å²) in [5.41, 5.74) is 4.81. The number of hydrogen-bond donors (Lipinski definition) is 1. The lowest BCUT2D eigenvalue weighted by atomic mass is 10.0. The van der Waals surface area contributed by atoms with E-state index in [1.807, 2.05) is 84.9 Å². The van der Waals surface area contributed by atoms with E-state index in [1.165, 1.54) is 0 Å². The van der Waals surface area contributed by atoms with Crippen LogP contribution in [0.25, 0.3) is 17.2 Å². The van der Waals surface area contributed by atoms with Crippen molar-refractivity contribution in [2.45, 2.75) is 0 Å². The summed E-state index contributed by atoms with van der Waals surface area (Å²) in [6, 6.07) is 27.5. The first-order valence-electron chi connectivity index (χ1n) is 10.2. The quantitative estimate of drug-likeness (QED) is 0.488. The lowest BCUT2D eigenvalue weighted by molar-refractivity contribution is -0.112. The number of nitrogens with one attached hydrogen (secondary N) is 1. The largest absolute Gasteiger partial charge is 0.378 e. The van der Waals surface area contributed by atoms with Gasteiger partial charge in [-0.05, 0) is 47.0 Å². The van der Waals surface area contributed by atoms with Crippen molar-refractivity contribution in [2.24, 2.45) is 0 Å². The number of nitrogens with zero attached hydrogens (tertiary/aromatic N) is 2. The molecule has 1 fully saturated rings. The SMILES string of the molecule is N#C/C(=C\c1ccc(-c2ccccc2)cc1)C(=O)Nc1ccc(N2CCOCC2)cc1. The molecule has 5 nitrogen and oxygen atoms in total. The normalized spacial score (nSPS) is 14.0. The van der Waals surface area contributed by atoms with Crippen molar-refractivity contribution in [3.05, 3.63) is 90.0 Å². The number of amides is 1. The molecule has 0 spiro atoms. The number of hydrogen-bond acceptors (Lipinski definition) is 4. The number of carbonyl (C=O) groups excluding carboxylic acids is 1. The molecule has 3 aromatic rings. The maximum Gasteiger partial charge on any atom is 0.266 e. The molecular weight excluding hydrogens is 386 g/mol. The number of rotatable bonds is 5. The van der Waals surface area contributed by atoms with Crippen LogP contribution in [0, 0.1) is 11.3 Å². The Labute approximate surface area is 182 Å². The first-order chi connectivity index (χ1) is 15.2. The molecule has 3 aromatic carbocycles. The molecule has 0 atom stereocenters. The molecule has 0 saturated carbocycles. The second-order valence-electron chi connectivity index (χ2n) is 7.26. The Hall–Kier alpha value is -3.88. The molecule has 0 radical (unpaired) electrons. The summed E-state index contributed by atoms with van der Waals surface area (Å²) in [5, 5.41) is 12.3. The van der Waals surface area contributed by atoms with Gasteiger partial charge in [0.2, 0.25) is 0 Å². The number of nitriles is 1. The highest BCUT2D eigenvalue weighted by Crippen LogP contribution is 2.21. The highest BCUT2D eigenvalue weighted by Gasteiger charge is 2.13. The van der Waals surface area contributed by atoms with Gasteiger partial charge < -0.3 is 15.0 Å². The van der Waals surface area contributed by atoms with E-state index < -0.39 is 5.91 Å². The van der Waals surface area contributed by atoms with E-state index in [4.69, 9.17) is 4.74 Å². The zero-order valence-corrected chi connectivity index (χ0v) is 17.1. The summed E-state index contributed by atoms with van der Waals surface area (Å²) < 4.78 is 5.38. The Bertz CT molecular complexity index is 1090. The Morgan fingerprint density at radius 3 is 2.19 bits per heavy atom. The highest BCUT2D eigenvalue weighted by molar-refractivity contribution is 6.09. The van der Waals surface area contributed by atoms with Crippen LogP contribution < -0.4 is 10.2 Å². The second kappa shape index (κ2) is 9.75. The van der Waals surface area contributed by atoms with Gasteiger partial charge in [-0.25, -0.2) is 0 Å². The predicted octanol–water partition coefficient (Wildman–Crippen LogP) is 4.74. The molecule has 0 unspecified atom stereocenters. The van der Waals surface area contributed by atoms with E-state index in [2.05, 4.69) is 10.2 Å². The predicted molar refractivity (Wildman–Crippen MR) is 124 cm³/mol. The smallest absolute Gasteiger partial charge is 0.266 e. The Morgan fingerprint density at radius 2 is 1.55 bits per heavy atom. The summed E-state index contributed by atoms with van der Waals surface area (Å²) in [6.45, 7) is 3.16. The summed E-state index contributed by atoms with van der Waals surface area (Å²) in [4.78, 5) is 14.8. The maximum absolute atomic E-state index is 12.6. The van der Waals surface area contributed by atoms with E-state index in [-0.39, 0.29) is 5.57 Å². The van der Waals surface area contributed by atoms with Crippen LogP contribution in [0.4, 0.5) is 11.4 Å². The van der Waals surface area contributed by atoms with Crippen LogP contribution in [0.1, 0.15) is 5.56 Å². The lowest BCUT2D eigenvalue weighted by Gasteiger charge is -2.28. The van der Waals surface area contributed by atoms with Crippen LogP contribution in [0.2, 0.25) is 0 Å². The third-order valence-electron chi connectivity index (χ3n) is 5.20. The highest BCUT2D eigenvalue weighted by atomic mass is 16.5. The van der Waals surface area contributed by atoms with Crippen molar-refractivity contribution < 1.29 is 9.53 Å². The molecule has 1 saturated heterocycles. The van der Waals surface area contributed by atoms with Gasteiger partial charge in [0.25, 0.3) is 5.91 Å². The number of anilines is 2. The van der Waals surface area contributed by atoms with Crippen molar-refractivity contribution in [3.63, 3.8) is 0 Å². The van der Waals surface area contributed by atoms with Gasteiger partial charge in [-0.3, -0.25) is 4.79 Å². The zero-order valence-electron chi connectivity index (χ0n) is 17.1. The fourth-order valence-electron chi connectivity index (χ4n) is 3.49. The van der Waals surface area contributed by atoms with Crippen LogP contribution in [-0.4, -0.2) is 32.2 Å². The fourth-order valence-corrected chi connectivity index (χ4v) is 3.49. The van der Waals surface area contributed by atoms with Crippen LogP contribution in [0.3, 0.4) is 0 Å². The standard InChI is InChI=1S/C26H23N3O2/c27-19-23(18-20-6-8-22(9-7-20)21-4-2-1-3-5-21)26(30)28-24-10-12-25(13-11-24)29-14-16-31-17-15-29/h1-13,18H,14-17H2,(H,28,30)/b23-18+. The van der Waals surface area contributed by atoms with Gasteiger partial charge in [0, 0.05) is 24.5 Å². The second-order valence-corrected chi connectivity index (χ2v) is 7.26. The minimum atomic E-state index is -0.422. The van der Waals surface area contributed by atoms with E-state index in [1.54, 1.807) is 6.08 Å². The van der Waals surface area contributed by atoms with Gasteiger partial charge >= 0.3 is 0 Å². The van der Waals surface area contributed by atoms with Gasteiger partial charge in [-0.1, -0.05) is 54.6 Å². The minimum absolute atomic E-state index is 0.0599. The van der Waals surface area contributed by atoms with Crippen molar-refractivity contribution in [3.8, 4) is 17.2 Å². The molecule has 1 aliphatic rings. The van der Waals surface area contributed by atoms with Crippen molar-refractivity contribution >= 4 is 23.4 Å². The average Bonchev–Trinajstić information content (AvgIpc) is 2.84. The van der Waals surface area contributed by atoms with E-state index in [0.29, 0.717) is 5.69 Å². The molecule has 1 amide bonds. The molecule has 154 valence electrons. The van der Waals surface area contributed by atoms with Gasteiger partial charge in [0.05, 0.1) is 13.2 Å². The van der Waals surface area contributed by atoms with Crippen molar-refractivity contribution in [1.29, 1.82) is 5.26 Å². The Kier molecular flexibility index (Phi) is 6.41.